The third-order valence-corrected chi connectivity index (χ3v) is 4.22. The van der Waals surface area contributed by atoms with E-state index in [1.807, 2.05) is 6.20 Å². The number of aromatic nitrogens is 1. The molecular weight excluding hydrogens is 294 g/mol. The van der Waals surface area contributed by atoms with Gasteiger partial charge in [-0.05, 0) is 24.6 Å². The van der Waals surface area contributed by atoms with Gasteiger partial charge in [-0.3, -0.25) is 4.79 Å². The number of rotatable bonds is 5. The number of halogens is 1. The zero-order chi connectivity index (χ0) is 14.5. The van der Waals surface area contributed by atoms with E-state index in [-0.39, 0.29) is 5.91 Å². The molecule has 0 bridgehead atoms. The first-order valence-electron chi connectivity index (χ1n) is 6.33. The molecule has 1 aromatic carbocycles. The number of benzene rings is 1. The van der Waals surface area contributed by atoms with E-state index in [1.165, 1.54) is 4.88 Å². The average molecular weight is 310 g/mol. The third-order valence-electron chi connectivity index (χ3n) is 2.85. The molecule has 0 saturated heterocycles. The molecule has 20 heavy (non-hydrogen) atoms. The number of hydrogen-bond donors (Lipinski definition) is 2. The van der Waals surface area contributed by atoms with Crippen molar-refractivity contribution in [1.82, 2.24) is 10.3 Å². The van der Waals surface area contributed by atoms with Crippen molar-refractivity contribution in [2.75, 3.05) is 12.4 Å². The minimum atomic E-state index is -0.162. The lowest BCUT2D eigenvalue weighted by Crippen LogP contribution is -2.23. The van der Waals surface area contributed by atoms with Gasteiger partial charge in [0, 0.05) is 28.8 Å². The summed E-state index contributed by atoms with van der Waals surface area (Å²) in [6, 6.07) is 5.19. The molecule has 0 radical (unpaired) electrons. The monoisotopic (exact) mass is 309 g/mol. The lowest BCUT2D eigenvalue weighted by molar-refractivity contribution is 0.0951. The molecule has 0 fully saturated rings. The van der Waals surface area contributed by atoms with Crippen LogP contribution in [0.15, 0.2) is 24.4 Å². The molecule has 4 nitrogen and oxygen atoms in total. The molecule has 2 aromatic rings. The van der Waals surface area contributed by atoms with E-state index in [1.54, 1.807) is 36.6 Å². The fourth-order valence-corrected chi connectivity index (χ4v) is 2.74. The molecule has 0 saturated carbocycles. The second-order valence-corrected chi connectivity index (χ2v) is 5.83. The number of nitrogens with zero attached hydrogens (tertiary/aromatic N) is 1. The van der Waals surface area contributed by atoms with Gasteiger partial charge in [0.05, 0.1) is 12.1 Å². The lowest BCUT2D eigenvalue weighted by atomic mass is 10.1. The zero-order valence-electron chi connectivity index (χ0n) is 11.4. The molecule has 2 rings (SSSR count). The standard InChI is InChI=1S/C14H16ClN3OS/c1-3-10-7-17-13(20-10)8-18-14(19)11-6-9(15)4-5-12(11)16-2/h4-7,16H,3,8H2,1-2H3,(H,18,19). The van der Waals surface area contributed by atoms with Gasteiger partial charge < -0.3 is 10.6 Å². The lowest BCUT2D eigenvalue weighted by Gasteiger charge is -2.09. The maximum Gasteiger partial charge on any atom is 0.253 e. The first kappa shape index (κ1) is 14.8. The number of aryl methyl sites for hydroxylation is 1. The molecule has 106 valence electrons. The Morgan fingerprint density at radius 1 is 1.45 bits per heavy atom. The molecule has 0 aliphatic carbocycles. The number of anilines is 1. The maximum absolute atomic E-state index is 12.2. The summed E-state index contributed by atoms with van der Waals surface area (Å²) in [5, 5.41) is 7.29. The minimum absolute atomic E-state index is 0.162. The highest BCUT2D eigenvalue weighted by Gasteiger charge is 2.12. The van der Waals surface area contributed by atoms with Crippen molar-refractivity contribution in [1.29, 1.82) is 0 Å². The van der Waals surface area contributed by atoms with Crippen molar-refractivity contribution in [3.8, 4) is 0 Å². The summed E-state index contributed by atoms with van der Waals surface area (Å²) in [5.74, 6) is -0.162. The number of amides is 1. The van der Waals surface area contributed by atoms with Crippen molar-refractivity contribution < 1.29 is 4.79 Å². The molecule has 1 heterocycles. The summed E-state index contributed by atoms with van der Waals surface area (Å²) in [6.45, 7) is 2.51. The molecule has 0 atom stereocenters. The van der Waals surface area contributed by atoms with E-state index in [0.717, 1.165) is 17.1 Å². The normalized spacial score (nSPS) is 10.3. The van der Waals surface area contributed by atoms with Crippen LogP contribution in [0.5, 0.6) is 0 Å². The number of carbonyl (C=O) groups is 1. The SMILES string of the molecule is CCc1cnc(CNC(=O)c2cc(Cl)ccc2NC)s1. The van der Waals surface area contributed by atoms with Crippen molar-refractivity contribution in [3.63, 3.8) is 0 Å². The second-order valence-electron chi connectivity index (χ2n) is 4.20. The number of thiazole rings is 1. The van der Waals surface area contributed by atoms with Gasteiger partial charge in [-0.1, -0.05) is 18.5 Å². The molecule has 2 N–H and O–H groups in total. The van der Waals surface area contributed by atoms with Crippen LogP contribution < -0.4 is 10.6 Å². The van der Waals surface area contributed by atoms with E-state index in [2.05, 4.69) is 22.5 Å². The van der Waals surface area contributed by atoms with Gasteiger partial charge in [0.2, 0.25) is 0 Å². The first-order valence-corrected chi connectivity index (χ1v) is 7.52. The van der Waals surface area contributed by atoms with Crippen LogP contribution >= 0.6 is 22.9 Å². The summed E-state index contributed by atoms with van der Waals surface area (Å²) in [5.41, 5.74) is 1.28. The Balaban J connectivity index is 2.06. The first-order chi connectivity index (χ1) is 9.63. The number of hydrogen-bond acceptors (Lipinski definition) is 4. The van der Waals surface area contributed by atoms with E-state index in [9.17, 15) is 4.79 Å². The van der Waals surface area contributed by atoms with Crippen molar-refractivity contribution in [2.45, 2.75) is 19.9 Å². The van der Waals surface area contributed by atoms with Crippen LogP contribution in [0.25, 0.3) is 0 Å². The Morgan fingerprint density at radius 2 is 2.25 bits per heavy atom. The van der Waals surface area contributed by atoms with Crippen molar-refractivity contribution in [3.05, 3.63) is 44.9 Å². The summed E-state index contributed by atoms with van der Waals surface area (Å²) >= 11 is 7.55. The van der Waals surface area contributed by atoms with E-state index in [4.69, 9.17) is 11.6 Å². The van der Waals surface area contributed by atoms with Crippen LogP contribution in [0.1, 0.15) is 27.2 Å². The summed E-state index contributed by atoms with van der Waals surface area (Å²) in [4.78, 5) is 17.7. The van der Waals surface area contributed by atoms with Crippen LogP contribution in [0.4, 0.5) is 5.69 Å². The van der Waals surface area contributed by atoms with Gasteiger partial charge in [0.15, 0.2) is 0 Å². The Kier molecular flexibility index (Phi) is 4.98. The Bertz CT molecular complexity index is 612. The Morgan fingerprint density at radius 3 is 2.90 bits per heavy atom. The zero-order valence-corrected chi connectivity index (χ0v) is 12.9. The van der Waals surface area contributed by atoms with Crippen molar-refractivity contribution >= 4 is 34.5 Å². The van der Waals surface area contributed by atoms with Crippen LogP contribution in [0, 0.1) is 0 Å². The average Bonchev–Trinajstić information content (AvgIpc) is 2.92. The van der Waals surface area contributed by atoms with E-state index >= 15 is 0 Å². The number of carbonyl (C=O) groups excluding carboxylic acids is 1. The minimum Gasteiger partial charge on any atom is -0.387 e. The third kappa shape index (κ3) is 3.49. The molecule has 0 unspecified atom stereocenters. The molecule has 1 amide bonds. The highest BCUT2D eigenvalue weighted by Crippen LogP contribution is 2.20. The fourth-order valence-electron chi connectivity index (χ4n) is 1.77. The van der Waals surface area contributed by atoms with Gasteiger partial charge in [-0.25, -0.2) is 4.98 Å². The van der Waals surface area contributed by atoms with Crippen LogP contribution in [-0.4, -0.2) is 17.9 Å². The quantitative estimate of drug-likeness (QED) is 0.890. The fraction of sp³-hybridized carbons (Fsp3) is 0.286. The largest absolute Gasteiger partial charge is 0.387 e. The van der Waals surface area contributed by atoms with Crippen molar-refractivity contribution in [2.24, 2.45) is 0 Å². The molecule has 6 heteroatoms. The van der Waals surface area contributed by atoms with Crippen LogP contribution in [0.2, 0.25) is 5.02 Å². The van der Waals surface area contributed by atoms with Crippen LogP contribution in [-0.2, 0) is 13.0 Å². The number of nitrogens with one attached hydrogen (secondary N) is 2. The maximum atomic E-state index is 12.2. The van der Waals surface area contributed by atoms with Crippen LogP contribution in [0.3, 0.4) is 0 Å². The van der Waals surface area contributed by atoms with Gasteiger partial charge in [-0.2, -0.15) is 0 Å². The Hall–Kier alpha value is -1.59. The van der Waals surface area contributed by atoms with Gasteiger partial charge in [-0.15, -0.1) is 11.3 Å². The smallest absolute Gasteiger partial charge is 0.253 e. The predicted octanol–water partition coefficient (Wildman–Crippen LogP) is 3.33. The molecule has 0 aliphatic heterocycles. The predicted molar refractivity (Wildman–Crippen MR) is 83.7 cm³/mol. The highest BCUT2D eigenvalue weighted by molar-refractivity contribution is 7.11. The van der Waals surface area contributed by atoms with Gasteiger partial charge in [0.1, 0.15) is 5.01 Å². The molecular formula is C14H16ClN3OS. The molecule has 0 spiro atoms. The van der Waals surface area contributed by atoms with E-state index < -0.39 is 0 Å². The van der Waals surface area contributed by atoms with Gasteiger partial charge >= 0.3 is 0 Å². The van der Waals surface area contributed by atoms with Gasteiger partial charge in [0.25, 0.3) is 5.91 Å². The van der Waals surface area contributed by atoms with E-state index in [0.29, 0.717) is 17.1 Å². The second kappa shape index (κ2) is 6.72. The summed E-state index contributed by atoms with van der Waals surface area (Å²) < 4.78 is 0. The molecule has 0 aliphatic rings. The summed E-state index contributed by atoms with van der Waals surface area (Å²) in [7, 11) is 1.77. The molecule has 1 aromatic heterocycles. The summed E-state index contributed by atoms with van der Waals surface area (Å²) in [6.07, 6.45) is 2.81. The Labute approximate surface area is 127 Å². The highest BCUT2D eigenvalue weighted by atomic mass is 35.5. The topological polar surface area (TPSA) is 54.0 Å².